The molecule has 2 nitrogen and oxygen atoms in total. The van der Waals surface area contributed by atoms with Crippen molar-refractivity contribution in [2.75, 3.05) is 0 Å². The van der Waals surface area contributed by atoms with Crippen LogP contribution in [0.1, 0.15) is 96.8 Å². The van der Waals surface area contributed by atoms with E-state index in [4.69, 9.17) is 5.26 Å². The molecule has 0 aliphatic carbocycles. The molecule has 0 aliphatic rings. The molecule has 0 fully saturated rings. The zero-order valence-corrected chi connectivity index (χ0v) is 12.8. The molecule has 0 aromatic carbocycles. The fraction of sp³-hybridized carbons (Fsp3) is 0.882. The number of nitriles is 1. The first-order valence-electron chi connectivity index (χ1n) is 8.13. The first kappa shape index (κ1) is 18.2. The van der Waals surface area contributed by atoms with Crippen LogP contribution in [0.25, 0.3) is 0 Å². The Morgan fingerprint density at radius 1 is 0.737 bits per heavy atom. The number of hydrogen-bond donors (Lipinski definition) is 0. The lowest BCUT2D eigenvalue weighted by Crippen LogP contribution is -1.89. The van der Waals surface area contributed by atoms with Crippen LogP contribution in [-0.2, 0) is 4.79 Å². The van der Waals surface area contributed by atoms with Crippen LogP contribution in [0, 0.1) is 11.3 Å². The SMILES string of the molecule is CC(=O)CCCCCCCCCCCCCCC#N. The Kier molecular flexibility index (Phi) is 14.5. The molecule has 0 unspecified atom stereocenters. The molecule has 0 heterocycles. The lowest BCUT2D eigenvalue weighted by atomic mass is 10.0. The lowest BCUT2D eigenvalue weighted by molar-refractivity contribution is -0.117. The molecular weight excluding hydrogens is 234 g/mol. The third-order valence-electron chi connectivity index (χ3n) is 3.57. The van der Waals surface area contributed by atoms with Crippen molar-refractivity contribution in [1.82, 2.24) is 0 Å². The van der Waals surface area contributed by atoms with Crippen molar-refractivity contribution in [1.29, 1.82) is 5.26 Å². The van der Waals surface area contributed by atoms with Gasteiger partial charge in [-0.3, -0.25) is 0 Å². The third kappa shape index (κ3) is 17.2. The number of nitrogens with zero attached hydrogens (tertiary/aromatic N) is 1. The molecule has 2 heteroatoms. The molecule has 0 spiro atoms. The minimum absolute atomic E-state index is 0.328. The van der Waals surface area contributed by atoms with Crippen molar-refractivity contribution in [3.05, 3.63) is 0 Å². The van der Waals surface area contributed by atoms with E-state index in [1.54, 1.807) is 6.92 Å². The number of ketones is 1. The van der Waals surface area contributed by atoms with Gasteiger partial charge in [-0.05, 0) is 19.8 Å². The molecule has 0 aromatic heterocycles. The summed E-state index contributed by atoms with van der Waals surface area (Å²) in [5, 5.41) is 8.40. The maximum absolute atomic E-state index is 10.7. The van der Waals surface area contributed by atoms with E-state index >= 15 is 0 Å². The fourth-order valence-electron chi connectivity index (χ4n) is 2.35. The molecule has 0 aliphatic heterocycles. The van der Waals surface area contributed by atoms with Crippen molar-refractivity contribution in [3.8, 4) is 6.07 Å². The van der Waals surface area contributed by atoms with Crippen molar-refractivity contribution in [3.63, 3.8) is 0 Å². The van der Waals surface area contributed by atoms with E-state index in [1.807, 2.05) is 0 Å². The van der Waals surface area contributed by atoms with Gasteiger partial charge in [0.15, 0.2) is 0 Å². The second-order valence-corrected chi connectivity index (χ2v) is 5.60. The van der Waals surface area contributed by atoms with Crippen LogP contribution >= 0.6 is 0 Å². The van der Waals surface area contributed by atoms with Crippen molar-refractivity contribution in [2.24, 2.45) is 0 Å². The average Bonchev–Trinajstić information content (AvgIpc) is 2.39. The molecule has 0 rings (SSSR count). The summed E-state index contributed by atoms with van der Waals surface area (Å²) in [6, 6.07) is 2.19. The normalized spacial score (nSPS) is 10.3. The Balaban J connectivity index is 2.95. The largest absolute Gasteiger partial charge is 0.300 e. The van der Waals surface area contributed by atoms with Crippen LogP contribution in [0.4, 0.5) is 0 Å². The van der Waals surface area contributed by atoms with Crippen LogP contribution in [0.5, 0.6) is 0 Å². The highest BCUT2D eigenvalue weighted by atomic mass is 16.1. The molecule has 0 atom stereocenters. The van der Waals surface area contributed by atoms with Gasteiger partial charge in [0.2, 0.25) is 0 Å². The Bertz CT molecular complexity index is 242. The van der Waals surface area contributed by atoms with E-state index in [2.05, 4.69) is 6.07 Å². The summed E-state index contributed by atoms with van der Waals surface area (Å²) in [7, 11) is 0. The molecule has 0 saturated carbocycles. The molecule has 0 amide bonds. The van der Waals surface area contributed by atoms with Gasteiger partial charge in [0.05, 0.1) is 6.07 Å². The zero-order chi connectivity index (χ0) is 14.2. The molecule has 0 aromatic rings. The van der Waals surface area contributed by atoms with Gasteiger partial charge in [0.1, 0.15) is 5.78 Å². The highest BCUT2D eigenvalue weighted by molar-refractivity contribution is 5.75. The van der Waals surface area contributed by atoms with Crippen LogP contribution in [-0.4, -0.2) is 5.78 Å². The summed E-state index contributed by atoms with van der Waals surface area (Å²) in [5.41, 5.74) is 0. The Morgan fingerprint density at radius 3 is 1.47 bits per heavy atom. The fourth-order valence-corrected chi connectivity index (χ4v) is 2.35. The number of Topliss-reactive ketones (excluding diaryl/α,β-unsaturated/α-hetero) is 1. The Morgan fingerprint density at radius 2 is 1.11 bits per heavy atom. The summed E-state index contributed by atoms with van der Waals surface area (Å²) in [6.45, 7) is 1.68. The molecular formula is C17H31NO. The van der Waals surface area contributed by atoms with Crippen molar-refractivity contribution >= 4 is 5.78 Å². The van der Waals surface area contributed by atoms with E-state index in [1.165, 1.54) is 64.2 Å². The minimum Gasteiger partial charge on any atom is -0.300 e. The topological polar surface area (TPSA) is 40.9 Å². The molecule has 110 valence electrons. The van der Waals surface area contributed by atoms with Crippen molar-refractivity contribution in [2.45, 2.75) is 96.8 Å². The summed E-state index contributed by atoms with van der Waals surface area (Å²) in [5.74, 6) is 0.328. The number of carbonyl (C=O) groups excluding carboxylic acids is 1. The maximum atomic E-state index is 10.7. The second-order valence-electron chi connectivity index (χ2n) is 5.60. The van der Waals surface area contributed by atoms with Gasteiger partial charge in [0, 0.05) is 12.8 Å². The monoisotopic (exact) mass is 265 g/mol. The predicted octanol–water partition coefficient (Wildman–Crippen LogP) is 5.56. The molecule has 0 bridgehead atoms. The van der Waals surface area contributed by atoms with E-state index in [-0.39, 0.29) is 0 Å². The standard InChI is InChI=1S/C17H31NO/c1-17(19)15-13-11-9-7-5-3-2-4-6-8-10-12-14-16-18/h2-15H2,1H3. The van der Waals surface area contributed by atoms with E-state index < -0.39 is 0 Å². The van der Waals surface area contributed by atoms with Gasteiger partial charge in [-0.15, -0.1) is 0 Å². The quantitative estimate of drug-likeness (QED) is 0.386. The van der Waals surface area contributed by atoms with Crippen LogP contribution < -0.4 is 0 Å². The van der Waals surface area contributed by atoms with Crippen molar-refractivity contribution < 1.29 is 4.79 Å². The highest BCUT2D eigenvalue weighted by Crippen LogP contribution is 2.12. The summed E-state index contributed by atoms with van der Waals surface area (Å²) >= 11 is 0. The predicted molar refractivity (Wildman–Crippen MR) is 80.9 cm³/mol. The smallest absolute Gasteiger partial charge is 0.129 e. The van der Waals surface area contributed by atoms with Crippen LogP contribution in [0.3, 0.4) is 0 Å². The molecule has 0 saturated heterocycles. The van der Waals surface area contributed by atoms with Crippen LogP contribution in [0.15, 0.2) is 0 Å². The molecule has 0 N–H and O–H groups in total. The van der Waals surface area contributed by atoms with Gasteiger partial charge in [-0.1, -0.05) is 64.2 Å². The van der Waals surface area contributed by atoms with E-state index in [0.717, 1.165) is 25.7 Å². The minimum atomic E-state index is 0.328. The third-order valence-corrected chi connectivity index (χ3v) is 3.57. The highest BCUT2D eigenvalue weighted by Gasteiger charge is 1.95. The van der Waals surface area contributed by atoms with Gasteiger partial charge >= 0.3 is 0 Å². The zero-order valence-electron chi connectivity index (χ0n) is 12.8. The summed E-state index contributed by atoms with van der Waals surface area (Å²) in [4.78, 5) is 10.7. The lowest BCUT2D eigenvalue weighted by Gasteiger charge is -2.02. The van der Waals surface area contributed by atoms with E-state index in [0.29, 0.717) is 5.78 Å². The molecule has 0 radical (unpaired) electrons. The summed E-state index contributed by atoms with van der Waals surface area (Å²) in [6.07, 6.45) is 16.8. The average molecular weight is 265 g/mol. The maximum Gasteiger partial charge on any atom is 0.129 e. The number of carbonyl (C=O) groups is 1. The second kappa shape index (κ2) is 15.2. The number of rotatable bonds is 14. The molecule has 19 heavy (non-hydrogen) atoms. The Labute approximate surface area is 119 Å². The van der Waals surface area contributed by atoms with Gasteiger partial charge in [0.25, 0.3) is 0 Å². The van der Waals surface area contributed by atoms with Gasteiger partial charge < -0.3 is 4.79 Å². The van der Waals surface area contributed by atoms with Gasteiger partial charge in [-0.25, -0.2) is 0 Å². The first-order chi connectivity index (χ1) is 9.27. The summed E-state index contributed by atoms with van der Waals surface area (Å²) < 4.78 is 0. The first-order valence-corrected chi connectivity index (χ1v) is 8.13. The van der Waals surface area contributed by atoms with Crippen LogP contribution in [0.2, 0.25) is 0 Å². The van der Waals surface area contributed by atoms with E-state index in [9.17, 15) is 4.79 Å². The Hall–Kier alpha value is -0.840. The van der Waals surface area contributed by atoms with Gasteiger partial charge in [-0.2, -0.15) is 5.26 Å². The number of hydrogen-bond acceptors (Lipinski definition) is 2. The number of unbranched alkanes of at least 4 members (excludes halogenated alkanes) is 12.